The number of carbonyl (C=O) groups is 1. The number of aryl methyl sites for hydroxylation is 1. The van der Waals surface area contributed by atoms with Crippen molar-refractivity contribution >= 4 is 22.4 Å². The molecule has 0 aliphatic rings. The molecular formula is C17H24N4O2S. The van der Waals surface area contributed by atoms with Gasteiger partial charge in [-0.05, 0) is 12.5 Å². The van der Waals surface area contributed by atoms with Crippen molar-refractivity contribution in [3.05, 3.63) is 39.8 Å². The van der Waals surface area contributed by atoms with Gasteiger partial charge in [0.15, 0.2) is 0 Å². The summed E-state index contributed by atoms with van der Waals surface area (Å²) in [5.41, 5.74) is -0.200. The summed E-state index contributed by atoms with van der Waals surface area (Å²) in [6.45, 7) is 2.19. The highest BCUT2D eigenvalue weighted by Gasteiger charge is 2.09. The molecule has 2 heterocycles. The molecule has 0 atom stereocenters. The summed E-state index contributed by atoms with van der Waals surface area (Å²) >= 11 is 1.40. The van der Waals surface area contributed by atoms with Gasteiger partial charge in [-0.1, -0.05) is 56.4 Å². The number of anilines is 1. The van der Waals surface area contributed by atoms with Gasteiger partial charge < -0.3 is 4.57 Å². The van der Waals surface area contributed by atoms with Crippen LogP contribution in [0.1, 0.15) is 50.5 Å². The normalized spacial score (nSPS) is 10.7. The Hall–Kier alpha value is -2.02. The Balaban J connectivity index is 1.74. The summed E-state index contributed by atoms with van der Waals surface area (Å²) in [5.74, 6) is -0.273. The van der Waals surface area contributed by atoms with Crippen LogP contribution in [0.15, 0.2) is 29.2 Å². The molecular weight excluding hydrogens is 324 g/mol. The first-order valence-electron chi connectivity index (χ1n) is 8.46. The first-order valence-corrected chi connectivity index (χ1v) is 9.28. The molecule has 1 N–H and O–H groups in total. The minimum atomic E-state index is -0.273. The van der Waals surface area contributed by atoms with Gasteiger partial charge in [0.2, 0.25) is 11.0 Å². The maximum absolute atomic E-state index is 12.0. The molecule has 0 saturated heterocycles. The number of nitrogens with zero attached hydrogens (tertiary/aromatic N) is 3. The number of amides is 1. The summed E-state index contributed by atoms with van der Waals surface area (Å²) in [6.07, 6.45) is 9.93. The highest BCUT2D eigenvalue weighted by molar-refractivity contribution is 7.15. The summed E-state index contributed by atoms with van der Waals surface area (Å²) in [6, 6.07) is 4.80. The van der Waals surface area contributed by atoms with Gasteiger partial charge in [-0.3, -0.25) is 14.9 Å². The number of aromatic nitrogens is 3. The van der Waals surface area contributed by atoms with Crippen LogP contribution in [0.25, 0.3) is 0 Å². The predicted molar refractivity (Wildman–Crippen MR) is 96.3 cm³/mol. The van der Waals surface area contributed by atoms with Crippen molar-refractivity contribution in [2.24, 2.45) is 0 Å². The standard InChI is InChI=1S/C17H24N4O2S/c1-2-3-4-5-6-7-10-15-19-20-17(24-15)18-14(22)13-21-12-9-8-11-16(21)23/h8-9,11-12H,2-7,10,13H2,1H3,(H,18,20,22). The van der Waals surface area contributed by atoms with E-state index in [2.05, 4.69) is 22.4 Å². The van der Waals surface area contributed by atoms with Gasteiger partial charge in [0.1, 0.15) is 11.6 Å². The SMILES string of the molecule is CCCCCCCCc1nnc(NC(=O)Cn2ccccc2=O)s1. The predicted octanol–water partition coefficient (Wildman–Crippen LogP) is 3.24. The van der Waals surface area contributed by atoms with Crippen LogP contribution in [0.3, 0.4) is 0 Å². The first kappa shape index (κ1) is 18.3. The number of hydrogen-bond acceptors (Lipinski definition) is 5. The average Bonchev–Trinajstić information content (AvgIpc) is 3.00. The molecule has 2 rings (SSSR count). The molecule has 0 aromatic carbocycles. The van der Waals surface area contributed by atoms with E-state index in [1.165, 1.54) is 54.1 Å². The van der Waals surface area contributed by atoms with Crippen LogP contribution in [0.4, 0.5) is 5.13 Å². The van der Waals surface area contributed by atoms with Crippen molar-refractivity contribution in [1.82, 2.24) is 14.8 Å². The van der Waals surface area contributed by atoms with Crippen LogP contribution in [0.2, 0.25) is 0 Å². The number of rotatable bonds is 10. The topological polar surface area (TPSA) is 76.9 Å². The lowest BCUT2D eigenvalue weighted by atomic mass is 10.1. The van der Waals surface area contributed by atoms with Gasteiger partial charge in [0.05, 0.1) is 0 Å². The zero-order valence-corrected chi connectivity index (χ0v) is 14.8. The van der Waals surface area contributed by atoms with E-state index in [1.807, 2.05) is 0 Å². The number of unbranched alkanes of at least 4 members (excludes halogenated alkanes) is 5. The molecule has 0 radical (unpaired) electrons. The molecule has 2 aromatic heterocycles. The van der Waals surface area contributed by atoms with Crippen molar-refractivity contribution in [3.63, 3.8) is 0 Å². The Morgan fingerprint density at radius 3 is 2.75 bits per heavy atom. The Kier molecular flexibility index (Phi) is 7.61. The maximum Gasteiger partial charge on any atom is 0.250 e. The smallest absolute Gasteiger partial charge is 0.250 e. The fourth-order valence-corrected chi connectivity index (χ4v) is 3.16. The third-order valence-corrected chi connectivity index (χ3v) is 4.57. The first-order chi connectivity index (χ1) is 11.7. The Labute approximate surface area is 145 Å². The van der Waals surface area contributed by atoms with Crippen molar-refractivity contribution < 1.29 is 4.79 Å². The Bertz CT molecular complexity index is 696. The average molecular weight is 348 g/mol. The van der Waals surface area contributed by atoms with Gasteiger partial charge in [0, 0.05) is 18.7 Å². The molecule has 0 bridgehead atoms. The molecule has 0 aliphatic carbocycles. The second-order valence-corrected chi connectivity index (χ2v) is 6.80. The van der Waals surface area contributed by atoms with E-state index in [-0.39, 0.29) is 18.0 Å². The zero-order valence-electron chi connectivity index (χ0n) is 14.0. The molecule has 2 aromatic rings. The highest BCUT2D eigenvalue weighted by Crippen LogP contribution is 2.18. The van der Waals surface area contributed by atoms with Crippen LogP contribution in [0, 0.1) is 0 Å². The third kappa shape index (κ3) is 6.23. The minimum Gasteiger partial charge on any atom is -0.306 e. The van der Waals surface area contributed by atoms with E-state index in [1.54, 1.807) is 18.3 Å². The van der Waals surface area contributed by atoms with E-state index < -0.39 is 0 Å². The van der Waals surface area contributed by atoms with Gasteiger partial charge in [0.25, 0.3) is 5.56 Å². The fraction of sp³-hybridized carbons (Fsp3) is 0.529. The van der Waals surface area contributed by atoms with Crippen molar-refractivity contribution in [1.29, 1.82) is 0 Å². The van der Waals surface area contributed by atoms with E-state index in [4.69, 9.17) is 0 Å². The summed E-state index contributed by atoms with van der Waals surface area (Å²) in [5, 5.41) is 12.2. The highest BCUT2D eigenvalue weighted by atomic mass is 32.1. The number of nitrogens with one attached hydrogen (secondary N) is 1. The molecule has 6 nitrogen and oxygen atoms in total. The lowest BCUT2D eigenvalue weighted by Crippen LogP contribution is -2.26. The van der Waals surface area contributed by atoms with Crippen molar-refractivity contribution in [3.8, 4) is 0 Å². The third-order valence-electron chi connectivity index (χ3n) is 3.67. The van der Waals surface area contributed by atoms with Crippen LogP contribution >= 0.6 is 11.3 Å². The van der Waals surface area contributed by atoms with Gasteiger partial charge in [-0.2, -0.15) is 0 Å². The largest absolute Gasteiger partial charge is 0.306 e. The molecule has 0 aliphatic heterocycles. The molecule has 24 heavy (non-hydrogen) atoms. The molecule has 0 saturated carbocycles. The summed E-state index contributed by atoms with van der Waals surface area (Å²) < 4.78 is 1.35. The zero-order chi connectivity index (χ0) is 17.2. The Morgan fingerprint density at radius 1 is 1.17 bits per heavy atom. The van der Waals surface area contributed by atoms with Crippen LogP contribution in [0.5, 0.6) is 0 Å². The summed E-state index contributed by atoms with van der Waals surface area (Å²) in [4.78, 5) is 23.6. The lowest BCUT2D eigenvalue weighted by Gasteiger charge is -2.03. The maximum atomic E-state index is 12.0. The minimum absolute atomic E-state index is 0.0218. The molecule has 1 amide bonds. The molecule has 0 fully saturated rings. The van der Waals surface area contributed by atoms with Crippen LogP contribution < -0.4 is 10.9 Å². The van der Waals surface area contributed by atoms with Gasteiger partial charge in [-0.25, -0.2) is 0 Å². The van der Waals surface area contributed by atoms with E-state index >= 15 is 0 Å². The quantitative estimate of drug-likeness (QED) is 0.669. The molecule has 130 valence electrons. The number of pyridine rings is 1. The van der Waals surface area contributed by atoms with Gasteiger partial charge >= 0.3 is 0 Å². The lowest BCUT2D eigenvalue weighted by molar-refractivity contribution is -0.116. The van der Waals surface area contributed by atoms with Crippen molar-refractivity contribution in [2.75, 3.05) is 5.32 Å². The summed E-state index contributed by atoms with van der Waals surface area (Å²) in [7, 11) is 0. The van der Waals surface area contributed by atoms with Crippen LogP contribution in [-0.4, -0.2) is 20.7 Å². The molecule has 0 unspecified atom stereocenters. The van der Waals surface area contributed by atoms with Gasteiger partial charge in [-0.15, -0.1) is 10.2 Å². The second kappa shape index (κ2) is 9.97. The Morgan fingerprint density at radius 2 is 1.96 bits per heavy atom. The molecule has 7 heteroatoms. The number of carbonyl (C=O) groups excluding carboxylic acids is 1. The van der Waals surface area contributed by atoms with Crippen molar-refractivity contribution in [2.45, 2.75) is 58.4 Å². The van der Waals surface area contributed by atoms with E-state index in [0.29, 0.717) is 5.13 Å². The monoisotopic (exact) mass is 348 g/mol. The van der Waals surface area contributed by atoms with Crippen LogP contribution in [-0.2, 0) is 17.8 Å². The molecule has 0 spiro atoms. The fourth-order valence-electron chi connectivity index (χ4n) is 2.37. The van der Waals surface area contributed by atoms with E-state index in [9.17, 15) is 9.59 Å². The number of hydrogen-bond donors (Lipinski definition) is 1. The van der Waals surface area contributed by atoms with E-state index in [0.717, 1.165) is 17.8 Å². The second-order valence-electron chi connectivity index (χ2n) is 5.73.